The molecule has 0 aliphatic carbocycles. The van der Waals surface area contributed by atoms with Crippen molar-refractivity contribution in [3.63, 3.8) is 0 Å². The number of rotatable bonds is 5. The molecule has 43 heavy (non-hydrogen) atoms. The van der Waals surface area contributed by atoms with Gasteiger partial charge in [0.25, 0.3) is 0 Å². The second-order valence-corrected chi connectivity index (χ2v) is 9.77. The highest BCUT2D eigenvalue weighted by Crippen LogP contribution is 2.32. The van der Waals surface area contributed by atoms with Crippen LogP contribution in [0.1, 0.15) is 0 Å². The Morgan fingerprint density at radius 3 is 1.47 bits per heavy atom. The molecule has 7 rings (SSSR count). The van der Waals surface area contributed by atoms with E-state index in [1.807, 2.05) is 85.2 Å². The topological polar surface area (TPSA) is 117 Å². The predicted octanol–water partition coefficient (Wildman–Crippen LogP) is 6.38. The molecule has 0 aliphatic rings. The van der Waals surface area contributed by atoms with Gasteiger partial charge in [0.05, 0.1) is 18.1 Å². The van der Waals surface area contributed by atoms with Crippen LogP contribution < -0.4 is 20.2 Å². The maximum absolute atomic E-state index is 12.5. The van der Waals surface area contributed by atoms with E-state index in [4.69, 9.17) is 19.4 Å². The molecule has 1 heterocycles. The molecule has 0 atom stereocenters. The average molecular weight is 563 g/mol. The van der Waals surface area contributed by atoms with Gasteiger partial charge in [0.15, 0.2) is 0 Å². The van der Waals surface area contributed by atoms with E-state index in [0.717, 1.165) is 49.5 Å². The molecule has 0 saturated carbocycles. The fourth-order valence-electron chi connectivity index (χ4n) is 5.57. The summed E-state index contributed by atoms with van der Waals surface area (Å²) >= 11 is 0. The van der Waals surface area contributed by atoms with E-state index in [1.54, 1.807) is 19.2 Å². The third kappa shape index (κ3) is 4.19. The lowest BCUT2D eigenvalue weighted by Crippen LogP contribution is -2.03. The smallest absolute Gasteiger partial charge is 0.228 e. The quantitative estimate of drug-likeness (QED) is 0.225. The lowest BCUT2D eigenvalue weighted by atomic mass is 10.0. The van der Waals surface area contributed by atoms with Gasteiger partial charge in [-0.05, 0) is 58.7 Å². The number of nitriles is 2. The highest BCUT2D eigenvalue weighted by Gasteiger charge is 2.19. The number of aromatic nitrogens is 2. The summed E-state index contributed by atoms with van der Waals surface area (Å²) in [5, 5.41) is 23.1. The van der Waals surface area contributed by atoms with Gasteiger partial charge in [-0.25, -0.2) is 14.4 Å². The highest BCUT2D eigenvalue weighted by molar-refractivity contribution is 6.15. The first-order chi connectivity index (χ1) is 21.1. The first-order valence-corrected chi connectivity index (χ1v) is 13.2. The highest BCUT2D eigenvalue weighted by atomic mass is 19.1. The Hall–Kier alpha value is -6.19. The van der Waals surface area contributed by atoms with Crippen molar-refractivity contribution in [2.24, 2.45) is 9.98 Å². The van der Waals surface area contributed by atoms with Crippen LogP contribution in [0.4, 0.5) is 4.39 Å². The van der Waals surface area contributed by atoms with Crippen LogP contribution in [0.15, 0.2) is 94.9 Å². The largest absolute Gasteiger partial charge is 0.497 e. The third-order valence-electron chi connectivity index (χ3n) is 7.56. The molecule has 8 nitrogen and oxygen atoms in total. The van der Waals surface area contributed by atoms with Crippen molar-refractivity contribution in [1.29, 1.82) is 10.5 Å². The maximum atomic E-state index is 12.5. The van der Waals surface area contributed by atoms with Gasteiger partial charge in [-0.3, -0.25) is 0 Å². The van der Waals surface area contributed by atoms with Crippen LogP contribution in [0.25, 0.3) is 65.9 Å². The second-order valence-electron chi connectivity index (χ2n) is 9.77. The predicted molar refractivity (Wildman–Crippen MR) is 161 cm³/mol. The van der Waals surface area contributed by atoms with Crippen molar-refractivity contribution in [2.45, 2.75) is 0 Å². The van der Waals surface area contributed by atoms with Gasteiger partial charge in [-0.15, -0.1) is 0 Å². The Balaban J connectivity index is 1.47. The van der Waals surface area contributed by atoms with Gasteiger partial charge in [0.2, 0.25) is 19.2 Å². The van der Waals surface area contributed by atoms with Crippen LogP contribution in [0, 0.1) is 22.9 Å². The molecule has 0 radical (unpaired) electrons. The molecule has 1 aromatic heterocycles. The summed E-state index contributed by atoms with van der Waals surface area (Å²) in [4.78, 5) is 18.3. The molecular formula is C34H19FN6O2. The second kappa shape index (κ2) is 10.3. The summed E-state index contributed by atoms with van der Waals surface area (Å²) < 4.78 is 22.7. The standard InChI is InChI=1S/C34H19FN6O2/c1-42-23-8-2-19(3-9-23)21-6-12-25-27(14-21)29(38-17-36)33-31(25)40-34-30(39-18-37)28-15-22(7-13-26(28)32(34)41-33)20-4-10-24(11-5-20)43-16-35/h2-15H,16H2,1H3/b38-29+,39-30+. The summed E-state index contributed by atoms with van der Waals surface area (Å²) in [7, 11) is 1.62. The van der Waals surface area contributed by atoms with Crippen molar-refractivity contribution in [3.05, 3.63) is 95.6 Å². The number of fused-ring (bicyclic) bond motifs is 6. The number of hydrogen-bond donors (Lipinski definition) is 0. The first kappa shape index (κ1) is 25.8. The van der Waals surface area contributed by atoms with E-state index in [9.17, 15) is 14.9 Å². The van der Waals surface area contributed by atoms with Crippen molar-refractivity contribution in [2.75, 3.05) is 14.0 Å². The van der Waals surface area contributed by atoms with E-state index in [1.165, 1.54) is 0 Å². The van der Waals surface area contributed by atoms with Crippen molar-refractivity contribution in [1.82, 2.24) is 9.97 Å². The van der Waals surface area contributed by atoms with Gasteiger partial charge < -0.3 is 9.47 Å². The number of nitrogens with zero attached hydrogens (tertiary/aromatic N) is 6. The number of halogens is 1. The van der Waals surface area contributed by atoms with Gasteiger partial charge in [-0.2, -0.15) is 20.5 Å². The van der Waals surface area contributed by atoms with Crippen molar-refractivity contribution < 1.29 is 13.9 Å². The van der Waals surface area contributed by atoms with Crippen LogP contribution in [-0.4, -0.2) is 23.9 Å². The SMILES string of the molecule is COc1ccc(-c2ccc3c(c2)/c(=N\C#N)c2nc4c(nc23)/c(=N/C#N)c2cc(-c3ccc(OCF)cc3)ccc24)cc1. The van der Waals surface area contributed by atoms with Crippen molar-refractivity contribution in [3.8, 4) is 46.1 Å². The summed E-state index contributed by atoms with van der Waals surface area (Å²) in [5.41, 5.74) is 5.81. The lowest BCUT2D eigenvalue weighted by Gasteiger charge is -2.05. The van der Waals surface area contributed by atoms with Gasteiger partial charge in [0.1, 0.15) is 33.2 Å². The minimum atomic E-state index is -0.899. The molecule has 7 aromatic rings. The monoisotopic (exact) mass is 562 g/mol. The van der Waals surface area contributed by atoms with Crippen molar-refractivity contribution >= 4 is 43.6 Å². The van der Waals surface area contributed by atoms with Crippen LogP contribution in [0.3, 0.4) is 0 Å². The Morgan fingerprint density at radius 2 is 1.05 bits per heavy atom. The third-order valence-corrected chi connectivity index (χ3v) is 7.56. The number of benzene rings is 4. The molecule has 6 aromatic carbocycles. The lowest BCUT2D eigenvalue weighted by molar-refractivity contribution is 0.192. The molecule has 9 heteroatoms. The van der Waals surface area contributed by atoms with Gasteiger partial charge in [-0.1, -0.05) is 48.5 Å². The zero-order valence-corrected chi connectivity index (χ0v) is 22.7. The number of methoxy groups -OCH3 is 1. The Labute approximate surface area is 243 Å². The summed E-state index contributed by atoms with van der Waals surface area (Å²) in [5.74, 6) is 1.19. The number of hydrogen-bond acceptors (Lipinski definition) is 8. The Morgan fingerprint density at radius 1 is 0.605 bits per heavy atom. The van der Waals surface area contributed by atoms with Gasteiger partial charge >= 0.3 is 0 Å². The molecular weight excluding hydrogens is 543 g/mol. The van der Waals surface area contributed by atoms with E-state index < -0.39 is 6.86 Å². The minimum Gasteiger partial charge on any atom is -0.497 e. The zero-order chi connectivity index (χ0) is 29.5. The molecule has 0 amide bonds. The molecule has 0 bridgehead atoms. The zero-order valence-electron chi connectivity index (χ0n) is 22.7. The fourth-order valence-corrected chi connectivity index (χ4v) is 5.57. The molecule has 0 spiro atoms. The van der Waals surface area contributed by atoms with E-state index >= 15 is 0 Å². The summed E-state index contributed by atoms with van der Waals surface area (Å²) in [6, 6.07) is 26.5. The Bertz CT molecular complexity index is 2410. The Kier molecular flexibility index (Phi) is 6.19. The van der Waals surface area contributed by atoms with E-state index in [-0.39, 0.29) is 0 Å². The minimum absolute atomic E-state index is 0.420. The molecule has 0 aliphatic heterocycles. The fraction of sp³-hybridized carbons (Fsp3) is 0.0588. The summed E-state index contributed by atoms with van der Waals surface area (Å²) in [6.07, 6.45) is 3.84. The number of alkyl halides is 1. The molecule has 0 unspecified atom stereocenters. The average Bonchev–Trinajstić information content (AvgIpc) is 3.51. The molecule has 0 saturated heterocycles. The van der Waals surface area contributed by atoms with Crippen LogP contribution in [-0.2, 0) is 0 Å². The van der Waals surface area contributed by atoms with Crippen LogP contribution >= 0.6 is 0 Å². The van der Waals surface area contributed by atoms with E-state index in [0.29, 0.717) is 38.5 Å². The first-order valence-electron chi connectivity index (χ1n) is 13.2. The summed E-state index contributed by atoms with van der Waals surface area (Å²) in [6.45, 7) is -0.899. The maximum Gasteiger partial charge on any atom is 0.228 e. The molecule has 204 valence electrons. The van der Waals surface area contributed by atoms with Crippen LogP contribution in [0.2, 0.25) is 0 Å². The molecule has 0 N–H and O–H groups in total. The van der Waals surface area contributed by atoms with Gasteiger partial charge in [0, 0.05) is 21.5 Å². The van der Waals surface area contributed by atoms with E-state index in [2.05, 4.69) is 9.98 Å². The normalized spacial score (nSPS) is 12.3. The molecule has 0 fully saturated rings. The number of ether oxygens (including phenoxy) is 2. The van der Waals surface area contributed by atoms with Crippen LogP contribution in [0.5, 0.6) is 11.5 Å².